The number of hydrogen-bond acceptors (Lipinski definition) is 5. The van der Waals surface area contributed by atoms with Gasteiger partial charge in [-0.05, 0) is 12.1 Å². The van der Waals surface area contributed by atoms with E-state index in [1.165, 1.54) is 12.1 Å². The van der Waals surface area contributed by atoms with E-state index in [0.717, 1.165) is 7.11 Å². The zero-order chi connectivity index (χ0) is 13.7. The number of nitrogens with two attached hydrogens (primary N) is 1. The van der Waals surface area contributed by atoms with Crippen molar-refractivity contribution in [1.82, 2.24) is 0 Å². The summed E-state index contributed by atoms with van der Waals surface area (Å²) in [6.07, 6.45) is 0. The average molecular weight is 256 g/mol. The molecule has 18 heavy (non-hydrogen) atoms. The number of carbonyl (C=O) groups is 1. The van der Waals surface area contributed by atoms with Crippen LogP contribution in [0.15, 0.2) is 12.1 Å². The third-order valence-corrected chi connectivity index (χ3v) is 2.20. The predicted octanol–water partition coefficient (Wildman–Crippen LogP) is 1.40. The van der Waals surface area contributed by atoms with E-state index in [1.54, 1.807) is 6.07 Å². The molecule has 0 bridgehead atoms. The van der Waals surface area contributed by atoms with Gasteiger partial charge in [0.05, 0.1) is 18.2 Å². The van der Waals surface area contributed by atoms with Gasteiger partial charge in [-0.25, -0.2) is 4.79 Å². The molecule has 0 amide bonds. The third kappa shape index (κ3) is 2.73. The van der Waals surface area contributed by atoms with E-state index in [0.29, 0.717) is 0 Å². The lowest BCUT2D eigenvalue weighted by atomic mass is 10.0. The van der Waals surface area contributed by atoms with Crippen molar-refractivity contribution in [2.75, 3.05) is 7.11 Å². The normalized spacial score (nSPS) is 10.0. The van der Waals surface area contributed by atoms with Gasteiger partial charge in [-0.3, -0.25) is 0 Å². The first kappa shape index (κ1) is 13.9. The van der Waals surface area contributed by atoms with Crippen LogP contribution in [-0.2, 0) is 11.3 Å². The fraction of sp³-hybridized carbons (Fsp3) is 0.273. The van der Waals surface area contributed by atoms with E-state index in [4.69, 9.17) is 11.0 Å². The van der Waals surface area contributed by atoms with Crippen molar-refractivity contribution in [2.45, 2.75) is 13.2 Å². The summed E-state index contributed by atoms with van der Waals surface area (Å²) >= 11 is 0. The SMILES string of the molecule is COC(=O)c1c(C#N)ccc(OC(F)F)c1CN. The molecule has 0 aromatic heterocycles. The van der Waals surface area contributed by atoms with Gasteiger partial charge in [0.2, 0.25) is 0 Å². The molecule has 0 spiro atoms. The smallest absolute Gasteiger partial charge is 0.387 e. The highest BCUT2D eigenvalue weighted by Gasteiger charge is 2.21. The van der Waals surface area contributed by atoms with Crippen LogP contribution in [0.5, 0.6) is 5.75 Å². The van der Waals surface area contributed by atoms with Crippen molar-refractivity contribution < 1.29 is 23.0 Å². The fourth-order valence-electron chi connectivity index (χ4n) is 1.47. The summed E-state index contributed by atoms with van der Waals surface area (Å²) in [5.74, 6) is -1.07. The molecule has 0 aliphatic rings. The van der Waals surface area contributed by atoms with Crippen LogP contribution in [0.2, 0.25) is 0 Å². The number of rotatable bonds is 4. The molecule has 2 N–H and O–H groups in total. The lowest BCUT2D eigenvalue weighted by Crippen LogP contribution is -2.15. The standard InChI is InChI=1S/C11H10F2N2O3/c1-17-10(16)9-6(4-14)2-3-8(7(9)5-15)18-11(12)13/h2-3,11H,5,15H2,1H3. The van der Waals surface area contributed by atoms with Gasteiger partial charge in [-0.1, -0.05) is 0 Å². The Morgan fingerprint density at radius 3 is 2.67 bits per heavy atom. The quantitative estimate of drug-likeness (QED) is 0.823. The largest absolute Gasteiger partial charge is 0.465 e. The molecule has 0 saturated heterocycles. The Kier molecular flexibility index (Phi) is 4.57. The van der Waals surface area contributed by atoms with Gasteiger partial charge < -0.3 is 15.2 Å². The summed E-state index contributed by atoms with van der Waals surface area (Å²) in [7, 11) is 1.12. The van der Waals surface area contributed by atoms with Crippen LogP contribution in [0.4, 0.5) is 8.78 Å². The minimum absolute atomic E-state index is 0.0103. The highest BCUT2D eigenvalue weighted by atomic mass is 19.3. The molecule has 0 radical (unpaired) electrons. The second kappa shape index (κ2) is 5.93. The summed E-state index contributed by atoms with van der Waals surface area (Å²) in [5, 5.41) is 8.87. The number of nitrogens with zero attached hydrogens (tertiary/aromatic N) is 1. The van der Waals surface area contributed by atoms with Crippen LogP contribution in [-0.4, -0.2) is 19.7 Å². The Bertz CT molecular complexity index is 498. The molecule has 5 nitrogen and oxygen atoms in total. The zero-order valence-corrected chi connectivity index (χ0v) is 9.44. The van der Waals surface area contributed by atoms with E-state index in [1.807, 2.05) is 0 Å². The molecule has 0 fully saturated rings. The first-order valence-corrected chi connectivity index (χ1v) is 4.84. The van der Waals surface area contributed by atoms with Crippen molar-refractivity contribution >= 4 is 5.97 Å². The van der Waals surface area contributed by atoms with Crippen LogP contribution >= 0.6 is 0 Å². The molecule has 96 valence electrons. The maximum atomic E-state index is 12.2. The topological polar surface area (TPSA) is 85.3 Å². The first-order chi connectivity index (χ1) is 8.54. The lowest BCUT2D eigenvalue weighted by molar-refractivity contribution is -0.0505. The zero-order valence-electron chi connectivity index (χ0n) is 9.44. The number of ether oxygens (including phenoxy) is 2. The van der Waals surface area contributed by atoms with Crippen LogP contribution in [0.3, 0.4) is 0 Å². The molecule has 0 unspecified atom stereocenters. The Morgan fingerprint density at radius 2 is 2.22 bits per heavy atom. The van der Waals surface area contributed by atoms with Gasteiger partial charge in [0.1, 0.15) is 11.8 Å². The summed E-state index contributed by atoms with van der Waals surface area (Å²) in [6.45, 7) is -3.28. The van der Waals surface area contributed by atoms with Crippen molar-refractivity contribution in [3.8, 4) is 11.8 Å². The number of esters is 1. The minimum atomic E-state index is -3.05. The second-order valence-corrected chi connectivity index (χ2v) is 3.15. The number of benzene rings is 1. The van der Waals surface area contributed by atoms with Gasteiger partial charge in [-0.2, -0.15) is 14.0 Å². The molecule has 0 aliphatic carbocycles. The van der Waals surface area contributed by atoms with Crippen molar-refractivity contribution in [3.63, 3.8) is 0 Å². The molecular weight excluding hydrogens is 246 g/mol. The summed E-state index contributed by atoms with van der Waals surface area (Å²) < 4.78 is 33.1. The molecule has 0 saturated carbocycles. The summed E-state index contributed by atoms with van der Waals surface area (Å²) in [6, 6.07) is 4.13. The number of carbonyl (C=O) groups excluding carboxylic acids is 1. The molecule has 0 heterocycles. The number of hydrogen-bond donors (Lipinski definition) is 1. The van der Waals surface area contributed by atoms with Crippen molar-refractivity contribution in [3.05, 3.63) is 28.8 Å². The Labute approximate surface area is 102 Å². The minimum Gasteiger partial charge on any atom is -0.465 e. The number of methoxy groups -OCH3 is 1. The van der Waals surface area contributed by atoms with E-state index >= 15 is 0 Å². The highest BCUT2D eigenvalue weighted by Crippen LogP contribution is 2.27. The summed E-state index contributed by atoms with van der Waals surface area (Å²) in [4.78, 5) is 11.5. The second-order valence-electron chi connectivity index (χ2n) is 3.15. The molecule has 1 aromatic carbocycles. The van der Waals surface area contributed by atoms with Crippen LogP contribution in [0.25, 0.3) is 0 Å². The van der Waals surface area contributed by atoms with Crippen LogP contribution < -0.4 is 10.5 Å². The van der Waals surface area contributed by atoms with Gasteiger partial charge in [0.15, 0.2) is 0 Å². The van der Waals surface area contributed by atoms with Crippen LogP contribution in [0, 0.1) is 11.3 Å². The first-order valence-electron chi connectivity index (χ1n) is 4.84. The molecular formula is C11H10F2N2O3. The maximum absolute atomic E-state index is 12.2. The van der Waals surface area contributed by atoms with Gasteiger partial charge in [0.25, 0.3) is 0 Å². The average Bonchev–Trinajstić information content (AvgIpc) is 2.36. The Hall–Kier alpha value is -2.20. The molecule has 1 aromatic rings. The van der Waals surface area contributed by atoms with Crippen molar-refractivity contribution in [2.24, 2.45) is 5.73 Å². The number of nitriles is 1. The molecule has 1 rings (SSSR count). The van der Waals surface area contributed by atoms with E-state index in [2.05, 4.69) is 9.47 Å². The third-order valence-electron chi connectivity index (χ3n) is 2.20. The molecule has 7 heteroatoms. The van der Waals surface area contributed by atoms with E-state index in [-0.39, 0.29) is 29.0 Å². The number of halogens is 2. The monoisotopic (exact) mass is 256 g/mol. The van der Waals surface area contributed by atoms with Crippen LogP contribution in [0.1, 0.15) is 21.5 Å². The summed E-state index contributed by atoms with van der Waals surface area (Å²) in [5.41, 5.74) is 5.25. The maximum Gasteiger partial charge on any atom is 0.387 e. The fourth-order valence-corrected chi connectivity index (χ4v) is 1.47. The predicted molar refractivity (Wildman–Crippen MR) is 57.0 cm³/mol. The molecule has 0 atom stereocenters. The van der Waals surface area contributed by atoms with Gasteiger partial charge in [-0.15, -0.1) is 0 Å². The van der Waals surface area contributed by atoms with Crippen molar-refractivity contribution in [1.29, 1.82) is 5.26 Å². The van der Waals surface area contributed by atoms with E-state index in [9.17, 15) is 13.6 Å². The van der Waals surface area contributed by atoms with Gasteiger partial charge >= 0.3 is 12.6 Å². The van der Waals surface area contributed by atoms with Gasteiger partial charge in [0, 0.05) is 12.1 Å². The molecule has 0 aliphatic heterocycles. The highest BCUT2D eigenvalue weighted by molar-refractivity contribution is 5.94. The Morgan fingerprint density at radius 1 is 1.56 bits per heavy atom. The Balaban J connectivity index is 3.43. The number of alkyl halides is 2. The van der Waals surface area contributed by atoms with E-state index < -0.39 is 12.6 Å². The lowest BCUT2D eigenvalue weighted by Gasteiger charge is -2.13.